The summed E-state index contributed by atoms with van der Waals surface area (Å²) in [5.41, 5.74) is 1.91. The number of halogens is 3. The molecule has 9 heteroatoms. The molecule has 0 unspecified atom stereocenters. The van der Waals surface area contributed by atoms with Gasteiger partial charge < -0.3 is 13.7 Å². The Kier molecular flexibility index (Phi) is 4.06. The molecule has 0 bridgehead atoms. The number of alkyl halides is 3. The Morgan fingerprint density at radius 3 is 2.44 bits per heavy atom. The average molecular weight is 374 g/mol. The molecule has 0 aliphatic rings. The number of nitrogens with zero attached hydrogens (tertiary/aromatic N) is 4. The smallest absolute Gasteiger partial charge is 0.451 e. The van der Waals surface area contributed by atoms with Crippen LogP contribution in [0.5, 0.6) is 5.75 Å². The molecule has 0 spiro atoms. The molecule has 0 fully saturated rings. The Balaban J connectivity index is 1.48. The summed E-state index contributed by atoms with van der Waals surface area (Å²) >= 11 is 0. The van der Waals surface area contributed by atoms with Crippen molar-refractivity contribution in [3.63, 3.8) is 0 Å². The van der Waals surface area contributed by atoms with Crippen LogP contribution in [-0.2, 0) is 19.8 Å². The number of hydrogen-bond acceptors (Lipinski definition) is 5. The third-order valence-corrected chi connectivity index (χ3v) is 3.94. The molecule has 2 aromatic carbocycles. The Morgan fingerprint density at radius 2 is 1.78 bits per heavy atom. The van der Waals surface area contributed by atoms with Gasteiger partial charge in [-0.25, -0.2) is 4.98 Å². The molecular weight excluding hydrogens is 361 g/mol. The van der Waals surface area contributed by atoms with Crippen molar-refractivity contribution in [2.45, 2.75) is 12.8 Å². The lowest BCUT2D eigenvalue weighted by Gasteiger charge is -2.07. The largest absolute Gasteiger partial charge is 0.484 e. The zero-order valence-electron chi connectivity index (χ0n) is 14.1. The summed E-state index contributed by atoms with van der Waals surface area (Å²) in [7, 11) is 1.27. The summed E-state index contributed by atoms with van der Waals surface area (Å²) in [6, 6.07) is 13.9. The molecule has 0 atom stereocenters. The first-order chi connectivity index (χ1) is 12.9. The highest BCUT2D eigenvalue weighted by atomic mass is 19.4. The maximum absolute atomic E-state index is 12.8. The van der Waals surface area contributed by atoms with Crippen LogP contribution in [0, 0.1) is 0 Å². The van der Waals surface area contributed by atoms with Crippen LogP contribution in [0.1, 0.15) is 11.7 Å². The highest BCUT2D eigenvalue weighted by molar-refractivity contribution is 5.72. The molecule has 2 aromatic heterocycles. The maximum atomic E-state index is 12.8. The molecule has 0 aliphatic heterocycles. The zero-order valence-corrected chi connectivity index (χ0v) is 14.1. The van der Waals surface area contributed by atoms with E-state index in [0.717, 1.165) is 10.1 Å². The van der Waals surface area contributed by atoms with E-state index in [0.29, 0.717) is 22.8 Å². The minimum Gasteiger partial charge on any atom is -0.484 e. The van der Waals surface area contributed by atoms with Gasteiger partial charge in [0.25, 0.3) is 0 Å². The minimum atomic E-state index is -4.55. The predicted molar refractivity (Wildman–Crippen MR) is 89.8 cm³/mol. The van der Waals surface area contributed by atoms with Crippen molar-refractivity contribution in [2.24, 2.45) is 7.05 Å². The quantitative estimate of drug-likeness (QED) is 0.535. The molecule has 27 heavy (non-hydrogen) atoms. The number of fused-ring (bicyclic) bond motifs is 1. The molecule has 0 saturated heterocycles. The van der Waals surface area contributed by atoms with Crippen molar-refractivity contribution < 1.29 is 22.3 Å². The van der Waals surface area contributed by atoms with Gasteiger partial charge in [-0.3, -0.25) is 0 Å². The highest BCUT2D eigenvalue weighted by Crippen LogP contribution is 2.30. The third-order valence-electron chi connectivity index (χ3n) is 3.94. The van der Waals surface area contributed by atoms with Crippen molar-refractivity contribution in [3.05, 3.63) is 60.2 Å². The third kappa shape index (κ3) is 3.35. The summed E-state index contributed by atoms with van der Waals surface area (Å²) in [6.45, 7) is 0.135. The summed E-state index contributed by atoms with van der Waals surface area (Å²) in [5, 5.41) is 6.85. The fourth-order valence-corrected chi connectivity index (χ4v) is 2.65. The summed E-state index contributed by atoms with van der Waals surface area (Å²) in [5.74, 6) is 0.0317. The van der Waals surface area contributed by atoms with Crippen LogP contribution in [-0.4, -0.2) is 19.7 Å². The second kappa shape index (κ2) is 6.42. The van der Waals surface area contributed by atoms with Gasteiger partial charge in [0.2, 0.25) is 11.7 Å². The number of para-hydroxylation sites is 2. The SMILES string of the molecule is Cn1c(-c2ccc(OCc3nc4ccccc4o3)cc2)nnc1C(F)(F)F. The summed E-state index contributed by atoms with van der Waals surface area (Å²) in [4.78, 5) is 4.31. The molecule has 0 amide bonds. The van der Waals surface area contributed by atoms with Gasteiger partial charge in [0, 0.05) is 12.6 Å². The molecule has 4 aromatic rings. The normalized spacial score (nSPS) is 11.9. The lowest BCUT2D eigenvalue weighted by molar-refractivity contribution is -0.146. The first kappa shape index (κ1) is 17.1. The van der Waals surface area contributed by atoms with E-state index in [1.165, 1.54) is 7.05 Å². The highest BCUT2D eigenvalue weighted by Gasteiger charge is 2.37. The molecule has 0 radical (unpaired) electrons. The Bertz CT molecular complexity index is 1050. The Morgan fingerprint density at radius 1 is 1.04 bits per heavy atom. The molecule has 0 N–H and O–H groups in total. The number of rotatable bonds is 4. The number of benzene rings is 2. The van der Waals surface area contributed by atoms with Crippen LogP contribution < -0.4 is 4.74 Å². The van der Waals surface area contributed by atoms with E-state index in [1.54, 1.807) is 24.3 Å². The van der Waals surface area contributed by atoms with Crippen LogP contribution in [0.4, 0.5) is 13.2 Å². The second-order valence-electron chi connectivity index (χ2n) is 5.79. The monoisotopic (exact) mass is 374 g/mol. The van der Waals surface area contributed by atoms with E-state index in [9.17, 15) is 13.2 Å². The van der Waals surface area contributed by atoms with E-state index in [-0.39, 0.29) is 12.4 Å². The van der Waals surface area contributed by atoms with Gasteiger partial charge in [-0.2, -0.15) is 13.2 Å². The van der Waals surface area contributed by atoms with Gasteiger partial charge in [-0.15, -0.1) is 10.2 Å². The first-order valence-corrected chi connectivity index (χ1v) is 7.96. The van der Waals surface area contributed by atoms with E-state index in [2.05, 4.69) is 15.2 Å². The molecule has 2 heterocycles. The van der Waals surface area contributed by atoms with Crippen molar-refractivity contribution in [2.75, 3.05) is 0 Å². The molecule has 4 rings (SSSR count). The zero-order chi connectivity index (χ0) is 19.0. The lowest BCUT2D eigenvalue weighted by Crippen LogP contribution is -2.13. The summed E-state index contributed by atoms with van der Waals surface area (Å²) in [6.07, 6.45) is -4.55. The van der Waals surface area contributed by atoms with Crippen LogP contribution in [0.3, 0.4) is 0 Å². The van der Waals surface area contributed by atoms with E-state index in [4.69, 9.17) is 9.15 Å². The van der Waals surface area contributed by atoms with Crippen LogP contribution in [0.15, 0.2) is 52.9 Å². The van der Waals surface area contributed by atoms with Gasteiger partial charge in [-0.1, -0.05) is 12.1 Å². The van der Waals surface area contributed by atoms with Crippen LogP contribution >= 0.6 is 0 Å². The minimum absolute atomic E-state index is 0.118. The fourth-order valence-electron chi connectivity index (χ4n) is 2.65. The van der Waals surface area contributed by atoms with Crippen LogP contribution in [0.25, 0.3) is 22.5 Å². The van der Waals surface area contributed by atoms with E-state index in [1.807, 2.05) is 24.3 Å². The van der Waals surface area contributed by atoms with Crippen molar-refractivity contribution >= 4 is 11.1 Å². The first-order valence-electron chi connectivity index (χ1n) is 7.96. The van der Waals surface area contributed by atoms with Gasteiger partial charge in [0.15, 0.2) is 18.0 Å². The summed E-state index contributed by atoms with van der Waals surface area (Å²) < 4.78 is 50.6. The molecule has 0 aliphatic carbocycles. The van der Waals surface area contributed by atoms with E-state index < -0.39 is 12.0 Å². The molecule has 138 valence electrons. The number of oxazole rings is 1. The van der Waals surface area contributed by atoms with Gasteiger partial charge >= 0.3 is 6.18 Å². The second-order valence-corrected chi connectivity index (χ2v) is 5.79. The van der Waals surface area contributed by atoms with Gasteiger partial charge in [0.1, 0.15) is 11.3 Å². The molecule has 0 saturated carbocycles. The predicted octanol–water partition coefficient (Wildman–Crippen LogP) is 4.22. The Hall–Kier alpha value is -3.36. The van der Waals surface area contributed by atoms with E-state index >= 15 is 0 Å². The maximum Gasteiger partial charge on any atom is 0.451 e. The Labute approximate surface area is 151 Å². The molecular formula is C18H13F3N4O2. The fraction of sp³-hybridized carbons (Fsp3) is 0.167. The van der Waals surface area contributed by atoms with Crippen LogP contribution in [0.2, 0.25) is 0 Å². The van der Waals surface area contributed by atoms with Gasteiger partial charge in [-0.05, 0) is 36.4 Å². The van der Waals surface area contributed by atoms with Crippen molar-refractivity contribution in [3.8, 4) is 17.1 Å². The number of aromatic nitrogens is 4. The van der Waals surface area contributed by atoms with Crippen molar-refractivity contribution in [1.29, 1.82) is 0 Å². The topological polar surface area (TPSA) is 66.0 Å². The number of hydrogen-bond donors (Lipinski definition) is 0. The average Bonchev–Trinajstić information content (AvgIpc) is 3.23. The number of ether oxygens (including phenoxy) is 1. The van der Waals surface area contributed by atoms with Crippen molar-refractivity contribution in [1.82, 2.24) is 19.7 Å². The standard InChI is InChI=1S/C18H13F3N4O2/c1-25-16(23-24-17(25)18(19,20)21)11-6-8-12(9-7-11)26-10-15-22-13-4-2-3-5-14(13)27-15/h2-9H,10H2,1H3. The van der Waals surface area contributed by atoms with Gasteiger partial charge in [0.05, 0.1) is 0 Å². The lowest BCUT2D eigenvalue weighted by atomic mass is 10.2. The molecule has 6 nitrogen and oxygen atoms in total.